The van der Waals surface area contributed by atoms with Gasteiger partial charge in [0.25, 0.3) is 5.91 Å². The molecule has 6 nitrogen and oxygen atoms in total. The molecule has 0 fully saturated rings. The molecule has 2 N–H and O–H groups in total. The molecule has 128 valence electrons. The lowest BCUT2D eigenvalue weighted by atomic mass is 9.99. The average molecular weight is 329 g/mol. The molecule has 0 spiro atoms. The van der Waals surface area contributed by atoms with Gasteiger partial charge in [0.1, 0.15) is 5.75 Å². The van der Waals surface area contributed by atoms with Crippen molar-refractivity contribution in [2.45, 2.75) is 45.9 Å². The fourth-order valence-electron chi connectivity index (χ4n) is 3.10. The van der Waals surface area contributed by atoms with Crippen LogP contribution >= 0.6 is 0 Å². The van der Waals surface area contributed by atoms with E-state index in [0.717, 1.165) is 28.1 Å². The molecule has 0 aliphatic carbocycles. The second kappa shape index (κ2) is 6.65. The van der Waals surface area contributed by atoms with Crippen molar-refractivity contribution in [3.8, 4) is 5.75 Å². The molecule has 0 saturated heterocycles. The summed E-state index contributed by atoms with van der Waals surface area (Å²) >= 11 is 0. The minimum Gasteiger partial charge on any atom is -0.496 e. The number of fused-ring (bicyclic) bond motifs is 1. The minimum absolute atomic E-state index is 0.0702. The molecule has 6 heteroatoms. The third kappa shape index (κ3) is 3.14. The summed E-state index contributed by atoms with van der Waals surface area (Å²) in [5.74, 6) is 0.645. The van der Waals surface area contributed by atoms with Crippen LogP contribution in [0.2, 0.25) is 0 Å². The van der Waals surface area contributed by atoms with Gasteiger partial charge in [0.2, 0.25) is 0 Å². The number of methoxy groups -OCH3 is 1. The van der Waals surface area contributed by atoms with Crippen molar-refractivity contribution in [2.75, 3.05) is 7.11 Å². The van der Waals surface area contributed by atoms with Crippen LogP contribution in [0.4, 0.5) is 0 Å². The summed E-state index contributed by atoms with van der Waals surface area (Å²) in [4.78, 5) is 12.5. The number of nitrogens with zero attached hydrogens (tertiary/aromatic N) is 1. The minimum atomic E-state index is -0.173. The standard InChI is InChI=1S/C18H23N3O3/c1-10-5-6-13(8-15(10)23-4)9-19-18(22)17-14-7-11(2)24-12(3)16(14)20-21-17/h5-6,8,11-12H,7,9H2,1-4H3,(H,19,22)(H,20,21)/t11-,12+/m0/s1. The number of rotatable bonds is 4. The van der Waals surface area contributed by atoms with Crippen LogP contribution in [0, 0.1) is 6.92 Å². The third-order valence-electron chi connectivity index (χ3n) is 4.37. The lowest BCUT2D eigenvalue weighted by Gasteiger charge is -2.25. The van der Waals surface area contributed by atoms with Crippen molar-refractivity contribution in [1.29, 1.82) is 0 Å². The number of aryl methyl sites for hydroxylation is 1. The van der Waals surface area contributed by atoms with E-state index >= 15 is 0 Å². The number of aromatic amines is 1. The Kier molecular flexibility index (Phi) is 4.57. The number of H-pyrrole nitrogens is 1. The molecule has 1 amide bonds. The van der Waals surface area contributed by atoms with Gasteiger partial charge in [-0.15, -0.1) is 0 Å². The largest absolute Gasteiger partial charge is 0.496 e. The SMILES string of the molecule is COc1cc(CNC(=O)c2n[nH]c3c2C[C@H](C)O[C@@H]3C)ccc1C. The Morgan fingerprint density at radius 3 is 3.00 bits per heavy atom. The summed E-state index contributed by atoms with van der Waals surface area (Å²) in [5, 5.41) is 10.1. The predicted molar refractivity (Wildman–Crippen MR) is 90.2 cm³/mol. The van der Waals surface area contributed by atoms with Crippen LogP contribution in [0.25, 0.3) is 0 Å². The average Bonchev–Trinajstić information content (AvgIpc) is 2.98. The lowest BCUT2D eigenvalue weighted by molar-refractivity contribution is -0.00697. The first-order chi connectivity index (χ1) is 11.5. The van der Waals surface area contributed by atoms with Gasteiger partial charge < -0.3 is 14.8 Å². The zero-order valence-electron chi connectivity index (χ0n) is 14.5. The van der Waals surface area contributed by atoms with Crippen LogP contribution in [0.3, 0.4) is 0 Å². The van der Waals surface area contributed by atoms with E-state index < -0.39 is 0 Å². The van der Waals surface area contributed by atoms with Crippen LogP contribution < -0.4 is 10.1 Å². The van der Waals surface area contributed by atoms with Gasteiger partial charge in [0, 0.05) is 18.5 Å². The van der Waals surface area contributed by atoms with Gasteiger partial charge in [0.15, 0.2) is 5.69 Å². The van der Waals surface area contributed by atoms with Crippen LogP contribution in [0.5, 0.6) is 5.75 Å². The van der Waals surface area contributed by atoms with E-state index in [1.165, 1.54) is 0 Å². The van der Waals surface area contributed by atoms with Gasteiger partial charge >= 0.3 is 0 Å². The van der Waals surface area contributed by atoms with E-state index in [0.29, 0.717) is 18.7 Å². The van der Waals surface area contributed by atoms with Gasteiger partial charge in [-0.1, -0.05) is 12.1 Å². The van der Waals surface area contributed by atoms with Crippen LogP contribution in [0.1, 0.15) is 52.8 Å². The van der Waals surface area contributed by atoms with E-state index in [1.807, 2.05) is 39.0 Å². The summed E-state index contributed by atoms with van der Waals surface area (Å²) in [7, 11) is 1.64. The Morgan fingerprint density at radius 1 is 1.46 bits per heavy atom. The maximum Gasteiger partial charge on any atom is 0.272 e. The highest BCUT2D eigenvalue weighted by molar-refractivity contribution is 5.94. The molecular weight excluding hydrogens is 306 g/mol. The summed E-state index contributed by atoms with van der Waals surface area (Å²) in [6.45, 7) is 6.39. The molecule has 0 saturated carbocycles. The molecule has 24 heavy (non-hydrogen) atoms. The quantitative estimate of drug-likeness (QED) is 0.904. The van der Waals surface area contributed by atoms with Gasteiger partial charge in [0.05, 0.1) is 25.0 Å². The fraction of sp³-hybridized carbons (Fsp3) is 0.444. The molecule has 0 radical (unpaired) electrons. The molecule has 1 aliphatic rings. The van der Waals surface area contributed by atoms with Crippen molar-refractivity contribution >= 4 is 5.91 Å². The Balaban J connectivity index is 1.72. The van der Waals surface area contributed by atoms with Crippen molar-refractivity contribution in [3.63, 3.8) is 0 Å². The highest BCUT2D eigenvalue weighted by Gasteiger charge is 2.29. The Morgan fingerprint density at radius 2 is 2.25 bits per heavy atom. The molecular formula is C18H23N3O3. The van der Waals surface area contributed by atoms with Crippen molar-refractivity contribution in [3.05, 3.63) is 46.3 Å². The number of nitrogens with one attached hydrogen (secondary N) is 2. The summed E-state index contributed by atoms with van der Waals surface area (Å²) in [6, 6.07) is 5.90. The number of ether oxygens (including phenoxy) is 2. The molecule has 1 aromatic carbocycles. The topological polar surface area (TPSA) is 76.2 Å². The number of benzene rings is 1. The zero-order chi connectivity index (χ0) is 17.3. The van der Waals surface area contributed by atoms with Crippen LogP contribution in [-0.2, 0) is 17.7 Å². The summed E-state index contributed by atoms with van der Waals surface area (Å²) in [5.41, 5.74) is 4.37. The smallest absolute Gasteiger partial charge is 0.272 e. The van der Waals surface area contributed by atoms with Gasteiger partial charge in [-0.3, -0.25) is 9.89 Å². The number of carbonyl (C=O) groups is 1. The Labute approximate surface area is 141 Å². The Hall–Kier alpha value is -2.34. The molecule has 2 heterocycles. The zero-order valence-corrected chi connectivity index (χ0v) is 14.5. The first kappa shape index (κ1) is 16.5. The molecule has 2 atom stereocenters. The number of hydrogen-bond acceptors (Lipinski definition) is 4. The number of amides is 1. The fourth-order valence-corrected chi connectivity index (χ4v) is 3.10. The first-order valence-corrected chi connectivity index (χ1v) is 8.14. The highest BCUT2D eigenvalue weighted by Crippen LogP contribution is 2.30. The van der Waals surface area contributed by atoms with Gasteiger partial charge in [-0.2, -0.15) is 5.10 Å². The van der Waals surface area contributed by atoms with Crippen LogP contribution in [-0.4, -0.2) is 29.3 Å². The number of aromatic nitrogens is 2. The highest BCUT2D eigenvalue weighted by atomic mass is 16.5. The maximum atomic E-state index is 12.5. The third-order valence-corrected chi connectivity index (χ3v) is 4.37. The molecule has 2 aromatic rings. The monoisotopic (exact) mass is 329 g/mol. The summed E-state index contributed by atoms with van der Waals surface area (Å²) < 4.78 is 11.1. The van der Waals surface area contributed by atoms with Gasteiger partial charge in [-0.25, -0.2) is 0 Å². The van der Waals surface area contributed by atoms with E-state index in [2.05, 4.69) is 15.5 Å². The molecule has 0 unspecified atom stereocenters. The molecule has 1 aromatic heterocycles. The number of hydrogen-bond donors (Lipinski definition) is 2. The maximum absolute atomic E-state index is 12.5. The van der Waals surface area contributed by atoms with Gasteiger partial charge in [-0.05, 0) is 38.0 Å². The first-order valence-electron chi connectivity index (χ1n) is 8.14. The van der Waals surface area contributed by atoms with Crippen molar-refractivity contribution in [2.24, 2.45) is 0 Å². The summed E-state index contributed by atoms with van der Waals surface area (Å²) in [6.07, 6.45) is 0.703. The molecule has 1 aliphatic heterocycles. The number of carbonyl (C=O) groups excluding carboxylic acids is 1. The Bertz CT molecular complexity index is 754. The van der Waals surface area contributed by atoms with E-state index in [-0.39, 0.29) is 18.1 Å². The molecule has 3 rings (SSSR count). The van der Waals surface area contributed by atoms with E-state index in [4.69, 9.17) is 9.47 Å². The van der Waals surface area contributed by atoms with E-state index in [9.17, 15) is 4.79 Å². The normalized spacial score (nSPS) is 19.7. The predicted octanol–water partition coefficient (Wildman–Crippen LogP) is 2.68. The van der Waals surface area contributed by atoms with Crippen LogP contribution in [0.15, 0.2) is 18.2 Å². The van der Waals surface area contributed by atoms with E-state index in [1.54, 1.807) is 7.11 Å². The second-order valence-electron chi connectivity index (χ2n) is 6.24. The van der Waals surface area contributed by atoms with Crippen molar-refractivity contribution in [1.82, 2.24) is 15.5 Å². The lowest BCUT2D eigenvalue weighted by Crippen LogP contribution is -2.27. The molecule has 0 bridgehead atoms. The van der Waals surface area contributed by atoms with Crippen molar-refractivity contribution < 1.29 is 14.3 Å². The second-order valence-corrected chi connectivity index (χ2v) is 6.24.